The molecule has 0 saturated heterocycles. The third-order valence-corrected chi connectivity index (χ3v) is 6.37. The monoisotopic (exact) mass is 526 g/mol. The first-order valence-corrected chi connectivity index (χ1v) is 13.0. The fourth-order valence-electron chi connectivity index (χ4n) is 3.83. The number of hydrogen-bond donors (Lipinski definition) is 1. The number of rotatable bonds is 13. The average Bonchev–Trinajstić information content (AvgIpc) is 2.89. The van der Waals surface area contributed by atoms with Gasteiger partial charge in [-0.3, -0.25) is 9.59 Å². The number of benzene rings is 3. The molecule has 0 saturated carbocycles. The SMILES string of the molecule is CCCCCNC(=O)[C@H](Cc1ccccc1)N(Cc1ccc(Cl)cc1)C(=O)COc1ccccc1Cl. The van der Waals surface area contributed by atoms with Crippen LogP contribution in [0.3, 0.4) is 0 Å². The van der Waals surface area contributed by atoms with Crippen LogP contribution in [0.25, 0.3) is 0 Å². The molecule has 0 aliphatic heterocycles. The molecule has 0 bridgehead atoms. The summed E-state index contributed by atoms with van der Waals surface area (Å²) in [5.74, 6) is -0.0768. The van der Waals surface area contributed by atoms with E-state index < -0.39 is 6.04 Å². The van der Waals surface area contributed by atoms with Crippen molar-refractivity contribution in [2.45, 2.75) is 45.2 Å². The summed E-state index contributed by atoms with van der Waals surface area (Å²) in [6.07, 6.45) is 3.36. The van der Waals surface area contributed by atoms with Crippen molar-refractivity contribution in [2.75, 3.05) is 13.2 Å². The molecular weight excluding hydrogens is 495 g/mol. The van der Waals surface area contributed by atoms with E-state index in [1.165, 1.54) is 0 Å². The highest BCUT2D eigenvalue weighted by Gasteiger charge is 2.30. The minimum Gasteiger partial charge on any atom is -0.482 e. The molecule has 190 valence electrons. The molecule has 3 aromatic carbocycles. The number of amides is 2. The van der Waals surface area contributed by atoms with Crippen LogP contribution in [-0.4, -0.2) is 35.9 Å². The van der Waals surface area contributed by atoms with Gasteiger partial charge in [0, 0.05) is 24.5 Å². The highest BCUT2D eigenvalue weighted by Crippen LogP contribution is 2.23. The van der Waals surface area contributed by atoms with Gasteiger partial charge in [0.05, 0.1) is 5.02 Å². The maximum Gasteiger partial charge on any atom is 0.261 e. The van der Waals surface area contributed by atoms with Crippen molar-refractivity contribution in [3.63, 3.8) is 0 Å². The van der Waals surface area contributed by atoms with Gasteiger partial charge in [-0.15, -0.1) is 0 Å². The van der Waals surface area contributed by atoms with Crippen molar-refractivity contribution in [2.24, 2.45) is 0 Å². The van der Waals surface area contributed by atoms with Crippen LogP contribution >= 0.6 is 23.2 Å². The number of carbonyl (C=O) groups is 2. The predicted molar refractivity (Wildman–Crippen MR) is 145 cm³/mol. The zero-order valence-electron chi connectivity index (χ0n) is 20.5. The smallest absolute Gasteiger partial charge is 0.261 e. The normalized spacial score (nSPS) is 11.5. The van der Waals surface area contributed by atoms with Crippen LogP contribution in [0.5, 0.6) is 5.75 Å². The topological polar surface area (TPSA) is 58.6 Å². The third-order valence-electron chi connectivity index (χ3n) is 5.80. The molecule has 0 spiro atoms. The molecule has 0 aliphatic carbocycles. The number of carbonyl (C=O) groups excluding carboxylic acids is 2. The number of nitrogens with one attached hydrogen (secondary N) is 1. The molecule has 0 aromatic heterocycles. The molecule has 0 heterocycles. The second-order valence-corrected chi connectivity index (χ2v) is 9.41. The summed E-state index contributed by atoms with van der Waals surface area (Å²) in [6.45, 7) is 2.68. The lowest BCUT2D eigenvalue weighted by Crippen LogP contribution is -2.51. The van der Waals surface area contributed by atoms with Gasteiger partial charge in [0.2, 0.25) is 5.91 Å². The van der Waals surface area contributed by atoms with Crippen molar-refractivity contribution in [1.29, 1.82) is 0 Å². The Balaban J connectivity index is 1.87. The molecule has 3 rings (SSSR count). The van der Waals surface area contributed by atoms with Gasteiger partial charge in [0.25, 0.3) is 5.91 Å². The molecule has 0 radical (unpaired) electrons. The van der Waals surface area contributed by atoms with E-state index in [-0.39, 0.29) is 25.0 Å². The summed E-state index contributed by atoms with van der Waals surface area (Å²) in [6, 6.07) is 23.3. The van der Waals surface area contributed by atoms with E-state index in [9.17, 15) is 9.59 Å². The average molecular weight is 527 g/mol. The largest absolute Gasteiger partial charge is 0.482 e. The van der Waals surface area contributed by atoms with E-state index in [2.05, 4.69) is 12.2 Å². The first kappa shape index (κ1) is 27.6. The molecule has 2 amide bonds. The third kappa shape index (κ3) is 8.58. The van der Waals surface area contributed by atoms with Crippen LogP contribution in [0.1, 0.15) is 37.3 Å². The summed E-state index contributed by atoms with van der Waals surface area (Å²) >= 11 is 12.3. The Morgan fingerprint density at radius 1 is 0.889 bits per heavy atom. The van der Waals surface area contributed by atoms with Gasteiger partial charge < -0.3 is 15.0 Å². The molecule has 0 unspecified atom stereocenters. The first-order chi connectivity index (χ1) is 17.5. The lowest BCUT2D eigenvalue weighted by molar-refractivity contribution is -0.142. The summed E-state index contributed by atoms with van der Waals surface area (Å²) in [5, 5.41) is 4.06. The van der Waals surface area contributed by atoms with Gasteiger partial charge >= 0.3 is 0 Å². The predicted octanol–water partition coefficient (Wildman–Crippen LogP) is 6.32. The minimum atomic E-state index is -0.716. The lowest BCUT2D eigenvalue weighted by atomic mass is 10.0. The van der Waals surface area contributed by atoms with Gasteiger partial charge in [-0.05, 0) is 41.8 Å². The molecule has 36 heavy (non-hydrogen) atoms. The minimum absolute atomic E-state index is 0.185. The summed E-state index contributed by atoms with van der Waals surface area (Å²) in [5.41, 5.74) is 1.83. The Kier molecular flexibility index (Phi) is 11.1. The molecule has 0 fully saturated rings. The van der Waals surface area contributed by atoms with Crippen molar-refractivity contribution in [3.8, 4) is 5.75 Å². The van der Waals surface area contributed by atoms with Gasteiger partial charge in [-0.1, -0.05) is 97.6 Å². The second-order valence-electron chi connectivity index (χ2n) is 8.57. The van der Waals surface area contributed by atoms with Crippen LogP contribution < -0.4 is 10.1 Å². The maximum atomic E-state index is 13.6. The molecule has 1 atom stereocenters. The van der Waals surface area contributed by atoms with E-state index in [0.717, 1.165) is 30.4 Å². The standard InChI is InChI=1S/C29H32Cl2N2O3/c1-2-3-9-18-32-29(35)26(19-22-10-5-4-6-11-22)33(20-23-14-16-24(30)17-15-23)28(34)21-36-27-13-8-7-12-25(27)31/h4-8,10-17,26H,2-3,9,18-21H2,1H3,(H,32,35)/t26-/m0/s1. The van der Waals surface area contributed by atoms with E-state index in [0.29, 0.717) is 28.8 Å². The number of ether oxygens (including phenoxy) is 1. The van der Waals surface area contributed by atoms with Gasteiger partial charge in [-0.2, -0.15) is 0 Å². The van der Waals surface area contributed by atoms with Crippen LogP contribution in [0, 0.1) is 0 Å². The van der Waals surface area contributed by atoms with E-state index in [4.69, 9.17) is 27.9 Å². The van der Waals surface area contributed by atoms with Crippen LogP contribution in [0.4, 0.5) is 0 Å². The van der Waals surface area contributed by atoms with Gasteiger partial charge in [0.1, 0.15) is 11.8 Å². The second kappa shape index (κ2) is 14.5. The maximum absolute atomic E-state index is 13.6. The lowest BCUT2D eigenvalue weighted by Gasteiger charge is -2.31. The molecule has 1 N–H and O–H groups in total. The Bertz CT molecular complexity index is 1110. The summed E-state index contributed by atoms with van der Waals surface area (Å²) < 4.78 is 5.75. The fraction of sp³-hybridized carbons (Fsp3) is 0.310. The Morgan fingerprint density at radius 2 is 1.58 bits per heavy atom. The zero-order chi connectivity index (χ0) is 25.8. The Hall–Kier alpha value is -3.02. The van der Waals surface area contributed by atoms with Gasteiger partial charge in [0.15, 0.2) is 6.61 Å². The van der Waals surface area contributed by atoms with E-state index in [1.807, 2.05) is 42.5 Å². The molecular formula is C29H32Cl2N2O3. The number of halogens is 2. The molecule has 3 aromatic rings. The Morgan fingerprint density at radius 3 is 2.28 bits per heavy atom. The van der Waals surface area contributed by atoms with E-state index in [1.54, 1.807) is 41.3 Å². The highest BCUT2D eigenvalue weighted by molar-refractivity contribution is 6.32. The van der Waals surface area contributed by atoms with Crippen molar-refractivity contribution in [1.82, 2.24) is 10.2 Å². The number of nitrogens with zero attached hydrogens (tertiary/aromatic N) is 1. The number of unbranched alkanes of at least 4 members (excludes halogenated alkanes) is 2. The number of hydrogen-bond acceptors (Lipinski definition) is 3. The van der Waals surface area contributed by atoms with Crippen LogP contribution in [0.2, 0.25) is 10.0 Å². The van der Waals surface area contributed by atoms with Gasteiger partial charge in [-0.25, -0.2) is 0 Å². The summed E-state index contributed by atoms with van der Waals surface area (Å²) in [4.78, 5) is 28.6. The van der Waals surface area contributed by atoms with Crippen molar-refractivity contribution < 1.29 is 14.3 Å². The zero-order valence-corrected chi connectivity index (χ0v) is 22.0. The first-order valence-electron chi connectivity index (χ1n) is 12.2. The summed E-state index contributed by atoms with van der Waals surface area (Å²) in [7, 11) is 0. The van der Waals surface area contributed by atoms with Crippen LogP contribution in [0.15, 0.2) is 78.9 Å². The fourth-order valence-corrected chi connectivity index (χ4v) is 4.15. The molecule has 0 aliphatic rings. The van der Waals surface area contributed by atoms with Crippen molar-refractivity contribution in [3.05, 3.63) is 100 Å². The molecule has 7 heteroatoms. The van der Waals surface area contributed by atoms with Crippen molar-refractivity contribution >= 4 is 35.0 Å². The Labute approximate surface area is 223 Å². The van der Waals surface area contributed by atoms with E-state index >= 15 is 0 Å². The number of para-hydroxylation sites is 1. The quantitative estimate of drug-likeness (QED) is 0.265. The van der Waals surface area contributed by atoms with Crippen LogP contribution in [-0.2, 0) is 22.6 Å². The molecule has 5 nitrogen and oxygen atoms in total. The highest BCUT2D eigenvalue weighted by atomic mass is 35.5.